The Bertz CT molecular complexity index is 1450. The molecule has 0 radical (unpaired) electrons. The van der Waals surface area contributed by atoms with E-state index in [2.05, 4.69) is 32.7 Å². The minimum absolute atomic E-state index is 0.0406. The molecule has 5 aromatic rings. The number of amides is 1. The second-order valence-corrected chi connectivity index (χ2v) is 8.37. The molecule has 36 heavy (non-hydrogen) atoms. The Balaban J connectivity index is 1.08. The molecule has 0 fully saturated rings. The molecular formula is C30H26N4O2. The standard InChI is InChI=1S/C30H26N4O2/c35-30(11-6-18-36-27-17-12-22-7-4-5-10-24(22)19-27)34-26-15-13-25(14-16-26)33-29-20-28(31-21-32-29)23-8-2-1-3-9-23/h1-5,7-10,12-17,19-21H,6,11,18H2,(H,34,35)(H,31,32,33). The van der Waals surface area contributed by atoms with Crippen LogP contribution >= 0.6 is 0 Å². The van der Waals surface area contributed by atoms with Gasteiger partial charge >= 0.3 is 0 Å². The summed E-state index contributed by atoms with van der Waals surface area (Å²) in [6.45, 7) is 0.485. The van der Waals surface area contributed by atoms with Crippen molar-refractivity contribution in [3.8, 4) is 17.0 Å². The average molecular weight is 475 g/mol. The van der Waals surface area contributed by atoms with Crippen molar-refractivity contribution in [1.82, 2.24) is 9.97 Å². The van der Waals surface area contributed by atoms with Gasteiger partial charge < -0.3 is 15.4 Å². The summed E-state index contributed by atoms with van der Waals surface area (Å²) in [6, 6.07) is 33.6. The lowest BCUT2D eigenvalue weighted by molar-refractivity contribution is -0.116. The summed E-state index contributed by atoms with van der Waals surface area (Å²) in [5.74, 6) is 1.48. The van der Waals surface area contributed by atoms with Gasteiger partial charge in [-0.1, -0.05) is 60.7 Å². The van der Waals surface area contributed by atoms with Gasteiger partial charge in [0.05, 0.1) is 12.3 Å². The van der Waals surface area contributed by atoms with Crippen LogP contribution in [-0.4, -0.2) is 22.5 Å². The number of nitrogens with zero attached hydrogens (tertiary/aromatic N) is 2. The number of ether oxygens (including phenoxy) is 1. The third-order valence-corrected chi connectivity index (χ3v) is 5.72. The Labute approximate surface area is 210 Å². The van der Waals surface area contributed by atoms with Crippen LogP contribution in [0.5, 0.6) is 5.75 Å². The Morgan fingerprint density at radius 3 is 2.33 bits per heavy atom. The highest BCUT2D eigenvalue weighted by molar-refractivity contribution is 5.91. The van der Waals surface area contributed by atoms with Crippen molar-refractivity contribution in [2.75, 3.05) is 17.2 Å². The maximum absolute atomic E-state index is 12.3. The molecule has 1 aromatic heterocycles. The van der Waals surface area contributed by atoms with Crippen LogP contribution < -0.4 is 15.4 Å². The van der Waals surface area contributed by atoms with E-state index in [-0.39, 0.29) is 5.91 Å². The highest BCUT2D eigenvalue weighted by atomic mass is 16.5. The monoisotopic (exact) mass is 474 g/mol. The molecule has 1 heterocycles. The number of hydrogen-bond acceptors (Lipinski definition) is 5. The van der Waals surface area contributed by atoms with Crippen molar-refractivity contribution in [3.63, 3.8) is 0 Å². The van der Waals surface area contributed by atoms with Crippen LogP contribution in [0.2, 0.25) is 0 Å². The smallest absolute Gasteiger partial charge is 0.224 e. The molecule has 0 unspecified atom stereocenters. The number of carbonyl (C=O) groups excluding carboxylic acids is 1. The number of carbonyl (C=O) groups is 1. The second-order valence-electron chi connectivity index (χ2n) is 8.37. The van der Waals surface area contributed by atoms with Crippen molar-refractivity contribution < 1.29 is 9.53 Å². The average Bonchev–Trinajstić information content (AvgIpc) is 2.93. The highest BCUT2D eigenvalue weighted by Crippen LogP contribution is 2.23. The van der Waals surface area contributed by atoms with E-state index < -0.39 is 0 Å². The van der Waals surface area contributed by atoms with E-state index in [1.54, 1.807) is 6.33 Å². The molecule has 1 amide bonds. The quantitative estimate of drug-likeness (QED) is 0.229. The van der Waals surface area contributed by atoms with E-state index in [9.17, 15) is 4.79 Å². The summed E-state index contributed by atoms with van der Waals surface area (Å²) in [6.07, 6.45) is 2.56. The van der Waals surface area contributed by atoms with Crippen molar-refractivity contribution in [1.29, 1.82) is 0 Å². The van der Waals surface area contributed by atoms with Crippen LogP contribution in [-0.2, 0) is 4.79 Å². The molecule has 0 spiro atoms. The van der Waals surface area contributed by atoms with Crippen LogP contribution in [0.4, 0.5) is 17.2 Å². The Kier molecular flexibility index (Phi) is 7.14. The molecule has 5 rings (SSSR count). The fourth-order valence-electron chi connectivity index (χ4n) is 3.88. The van der Waals surface area contributed by atoms with E-state index in [1.807, 2.05) is 91.0 Å². The summed E-state index contributed by atoms with van der Waals surface area (Å²) in [4.78, 5) is 21.0. The summed E-state index contributed by atoms with van der Waals surface area (Å²) >= 11 is 0. The molecule has 178 valence electrons. The summed E-state index contributed by atoms with van der Waals surface area (Å²) in [5, 5.41) is 8.54. The van der Waals surface area contributed by atoms with Gasteiger partial charge in [-0.25, -0.2) is 9.97 Å². The topological polar surface area (TPSA) is 76.1 Å². The Morgan fingerprint density at radius 2 is 1.50 bits per heavy atom. The number of benzene rings is 4. The fourth-order valence-corrected chi connectivity index (χ4v) is 3.88. The first-order valence-corrected chi connectivity index (χ1v) is 11.9. The zero-order valence-corrected chi connectivity index (χ0v) is 19.7. The minimum atomic E-state index is -0.0406. The molecule has 0 aliphatic heterocycles. The highest BCUT2D eigenvalue weighted by Gasteiger charge is 2.05. The van der Waals surface area contributed by atoms with Gasteiger partial charge in [-0.2, -0.15) is 0 Å². The van der Waals surface area contributed by atoms with Gasteiger partial charge in [0.25, 0.3) is 0 Å². The second kappa shape index (κ2) is 11.1. The number of anilines is 3. The van der Waals surface area contributed by atoms with Gasteiger partial charge in [0.1, 0.15) is 17.9 Å². The van der Waals surface area contributed by atoms with E-state index in [0.29, 0.717) is 25.3 Å². The SMILES string of the molecule is O=C(CCCOc1ccc2ccccc2c1)Nc1ccc(Nc2cc(-c3ccccc3)ncn2)cc1. The molecule has 0 saturated heterocycles. The van der Waals surface area contributed by atoms with Crippen molar-refractivity contribution in [3.05, 3.63) is 109 Å². The lowest BCUT2D eigenvalue weighted by atomic mass is 10.1. The Hall–Kier alpha value is -4.71. The third kappa shape index (κ3) is 6.04. The van der Waals surface area contributed by atoms with Crippen molar-refractivity contribution in [2.45, 2.75) is 12.8 Å². The molecule has 0 bridgehead atoms. The van der Waals surface area contributed by atoms with Gasteiger partial charge in [0.2, 0.25) is 5.91 Å². The van der Waals surface area contributed by atoms with E-state index in [1.165, 1.54) is 5.39 Å². The number of nitrogens with one attached hydrogen (secondary N) is 2. The molecule has 0 saturated carbocycles. The number of rotatable bonds is 9. The van der Waals surface area contributed by atoms with Crippen LogP contribution in [0.25, 0.3) is 22.0 Å². The molecule has 6 nitrogen and oxygen atoms in total. The first kappa shape index (κ1) is 23.1. The van der Waals surface area contributed by atoms with Crippen LogP contribution in [0, 0.1) is 0 Å². The Morgan fingerprint density at radius 1 is 0.750 bits per heavy atom. The van der Waals surface area contributed by atoms with Gasteiger partial charge in [0, 0.05) is 29.4 Å². The van der Waals surface area contributed by atoms with Crippen LogP contribution in [0.1, 0.15) is 12.8 Å². The number of fused-ring (bicyclic) bond motifs is 1. The molecule has 0 atom stereocenters. The van der Waals surface area contributed by atoms with E-state index in [4.69, 9.17) is 4.74 Å². The fraction of sp³-hybridized carbons (Fsp3) is 0.100. The molecule has 4 aromatic carbocycles. The van der Waals surface area contributed by atoms with Crippen molar-refractivity contribution in [2.24, 2.45) is 0 Å². The zero-order chi connectivity index (χ0) is 24.6. The summed E-state index contributed by atoms with van der Waals surface area (Å²) < 4.78 is 5.82. The summed E-state index contributed by atoms with van der Waals surface area (Å²) in [7, 11) is 0. The molecule has 6 heteroatoms. The normalized spacial score (nSPS) is 10.7. The largest absolute Gasteiger partial charge is 0.494 e. The molecular weight excluding hydrogens is 448 g/mol. The van der Waals surface area contributed by atoms with Gasteiger partial charge in [-0.3, -0.25) is 4.79 Å². The van der Waals surface area contributed by atoms with Gasteiger partial charge in [0.15, 0.2) is 0 Å². The summed E-state index contributed by atoms with van der Waals surface area (Å²) in [5.41, 5.74) is 3.49. The first-order valence-electron chi connectivity index (χ1n) is 11.9. The van der Waals surface area contributed by atoms with E-state index in [0.717, 1.165) is 33.8 Å². The predicted molar refractivity (Wildman–Crippen MR) is 144 cm³/mol. The third-order valence-electron chi connectivity index (χ3n) is 5.72. The van der Waals surface area contributed by atoms with Crippen molar-refractivity contribution >= 4 is 33.9 Å². The zero-order valence-electron chi connectivity index (χ0n) is 19.7. The lowest BCUT2D eigenvalue weighted by Crippen LogP contribution is -2.12. The van der Waals surface area contributed by atoms with E-state index >= 15 is 0 Å². The maximum Gasteiger partial charge on any atom is 0.224 e. The minimum Gasteiger partial charge on any atom is -0.494 e. The van der Waals surface area contributed by atoms with Gasteiger partial charge in [-0.15, -0.1) is 0 Å². The predicted octanol–water partition coefficient (Wildman–Crippen LogP) is 6.84. The maximum atomic E-state index is 12.3. The molecule has 0 aliphatic rings. The van der Waals surface area contributed by atoms with Crippen LogP contribution in [0.15, 0.2) is 109 Å². The van der Waals surface area contributed by atoms with Crippen LogP contribution in [0.3, 0.4) is 0 Å². The first-order chi connectivity index (χ1) is 17.7. The number of aromatic nitrogens is 2. The van der Waals surface area contributed by atoms with Gasteiger partial charge in [-0.05, 0) is 53.6 Å². The molecule has 2 N–H and O–H groups in total. The number of hydrogen-bond donors (Lipinski definition) is 2. The molecule has 0 aliphatic carbocycles. The lowest BCUT2D eigenvalue weighted by Gasteiger charge is -2.10.